The van der Waals surface area contributed by atoms with Crippen LogP contribution < -0.4 is 5.73 Å². The van der Waals surface area contributed by atoms with Gasteiger partial charge in [0.1, 0.15) is 23.5 Å². The number of rotatable bonds is 2. The molecule has 0 spiro atoms. The van der Waals surface area contributed by atoms with Gasteiger partial charge in [0, 0.05) is 5.56 Å². The fraction of sp³-hybridized carbons (Fsp3) is 0.0625. The van der Waals surface area contributed by atoms with Crippen molar-refractivity contribution < 1.29 is 0 Å². The average Bonchev–Trinajstić information content (AvgIpc) is 2.91. The fourth-order valence-electron chi connectivity index (χ4n) is 2.11. The van der Waals surface area contributed by atoms with Crippen molar-refractivity contribution in [1.82, 2.24) is 20.0 Å². The molecule has 0 aliphatic rings. The Morgan fingerprint density at radius 3 is 2.26 bits per heavy atom. The van der Waals surface area contributed by atoms with Crippen molar-refractivity contribution in [2.45, 2.75) is 6.92 Å². The molecule has 0 saturated heterocycles. The molecule has 0 amide bonds. The third kappa shape index (κ3) is 2.47. The molecule has 0 bridgehead atoms. The second kappa shape index (κ2) is 5.58. The first-order valence-electron chi connectivity index (χ1n) is 6.74. The van der Waals surface area contributed by atoms with E-state index < -0.39 is 0 Å². The van der Waals surface area contributed by atoms with Crippen LogP contribution in [0.5, 0.6) is 0 Å². The van der Waals surface area contributed by atoms with Crippen molar-refractivity contribution in [3.8, 4) is 29.2 Å². The highest BCUT2D eigenvalue weighted by atomic mass is 15.4. The molecule has 0 fully saturated rings. The molecule has 1 aromatic carbocycles. The predicted molar refractivity (Wildman–Crippen MR) is 83.2 cm³/mol. The minimum atomic E-state index is -0.0330. The van der Waals surface area contributed by atoms with E-state index in [1.165, 1.54) is 4.68 Å². The van der Waals surface area contributed by atoms with E-state index in [9.17, 15) is 0 Å². The molecule has 7 nitrogen and oxygen atoms in total. The summed E-state index contributed by atoms with van der Waals surface area (Å²) in [5.41, 5.74) is 8.67. The van der Waals surface area contributed by atoms with Gasteiger partial charge in [0.15, 0.2) is 11.5 Å². The molecule has 23 heavy (non-hydrogen) atoms. The second-order valence-corrected chi connectivity index (χ2v) is 4.89. The van der Waals surface area contributed by atoms with Gasteiger partial charge in [0.25, 0.3) is 0 Å². The number of anilines is 1. The third-order valence-corrected chi connectivity index (χ3v) is 3.35. The van der Waals surface area contributed by atoms with Gasteiger partial charge in [-0.05, 0) is 19.1 Å². The molecule has 0 unspecified atom stereocenters. The molecule has 110 valence electrons. The van der Waals surface area contributed by atoms with E-state index in [1.807, 2.05) is 43.3 Å². The van der Waals surface area contributed by atoms with Gasteiger partial charge in [-0.3, -0.25) is 0 Å². The second-order valence-electron chi connectivity index (χ2n) is 4.89. The maximum atomic E-state index is 9.04. The molecule has 7 heteroatoms. The average molecular weight is 301 g/mol. The Hall–Kier alpha value is -3.71. The highest BCUT2D eigenvalue weighted by molar-refractivity contribution is 5.61. The maximum Gasteiger partial charge on any atom is 0.183 e. The van der Waals surface area contributed by atoms with Gasteiger partial charge in [-0.1, -0.05) is 29.8 Å². The molecule has 2 N–H and O–H groups in total. The normalized spacial score (nSPS) is 10.0. The molecule has 3 rings (SSSR count). The Morgan fingerprint density at radius 2 is 1.74 bits per heavy atom. The van der Waals surface area contributed by atoms with Crippen LogP contribution in [0.25, 0.3) is 17.1 Å². The summed E-state index contributed by atoms with van der Waals surface area (Å²) >= 11 is 0. The first kappa shape index (κ1) is 14.2. The Kier molecular flexibility index (Phi) is 3.46. The Morgan fingerprint density at radius 1 is 1.00 bits per heavy atom. The molecule has 2 heterocycles. The van der Waals surface area contributed by atoms with Crippen molar-refractivity contribution in [2.75, 3.05) is 5.73 Å². The summed E-state index contributed by atoms with van der Waals surface area (Å²) in [6, 6.07) is 15.1. The minimum Gasteiger partial charge on any atom is -0.382 e. The van der Waals surface area contributed by atoms with Gasteiger partial charge in [0.2, 0.25) is 0 Å². The summed E-state index contributed by atoms with van der Waals surface area (Å²) in [6.07, 6.45) is 0. The molecule has 0 atom stereocenters. The largest absolute Gasteiger partial charge is 0.382 e. The van der Waals surface area contributed by atoms with Gasteiger partial charge in [-0.2, -0.15) is 20.3 Å². The molecule has 0 saturated carbocycles. The summed E-state index contributed by atoms with van der Waals surface area (Å²) in [4.78, 5) is 0. The van der Waals surface area contributed by atoms with Crippen LogP contribution >= 0.6 is 0 Å². The number of aryl methyl sites for hydroxylation is 1. The first-order chi connectivity index (χ1) is 11.1. The zero-order chi connectivity index (χ0) is 16.4. The summed E-state index contributed by atoms with van der Waals surface area (Å²) in [5, 5.41) is 30.2. The zero-order valence-electron chi connectivity index (χ0n) is 12.2. The van der Waals surface area contributed by atoms with E-state index in [0.29, 0.717) is 11.5 Å². The summed E-state index contributed by atoms with van der Waals surface area (Å²) in [5.74, 6) is 0.415. The van der Waals surface area contributed by atoms with E-state index >= 15 is 0 Å². The highest BCUT2D eigenvalue weighted by Crippen LogP contribution is 2.21. The standard InChI is InChI=1S/C16H11N7/c1-10-2-4-11(5-3-10)13-6-7-15(21-20-13)23-16(19)12(8-17)14(9-18)22-23/h2-7H,19H2,1H3. The lowest BCUT2D eigenvalue weighted by Gasteiger charge is -2.04. The fourth-order valence-corrected chi connectivity index (χ4v) is 2.11. The van der Waals surface area contributed by atoms with Crippen molar-refractivity contribution in [3.63, 3.8) is 0 Å². The molecule has 3 aromatic rings. The number of hydrogen-bond donors (Lipinski definition) is 1. The van der Waals surface area contributed by atoms with Gasteiger partial charge >= 0.3 is 0 Å². The van der Waals surface area contributed by atoms with Crippen LogP contribution in [0.2, 0.25) is 0 Å². The zero-order valence-corrected chi connectivity index (χ0v) is 12.2. The number of nitrogen functional groups attached to an aromatic ring is 1. The third-order valence-electron chi connectivity index (χ3n) is 3.35. The minimum absolute atomic E-state index is 0.0330. The number of nitrogens with zero attached hydrogens (tertiary/aromatic N) is 6. The Bertz CT molecular complexity index is 938. The molecule has 2 aromatic heterocycles. The van der Waals surface area contributed by atoms with Gasteiger partial charge < -0.3 is 5.73 Å². The highest BCUT2D eigenvalue weighted by Gasteiger charge is 2.17. The summed E-state index contributed by atoms with van der Waals surface area (Å²) < 4.78 is 1.24. The quantitative estimate of drug-likeness (QED) is 0.773. The number of nitriles is 2. The van der Waals surface area contributed by atoms with Crippen LogP contribution in [0.3, 0.4) is 0 Å². The predicted octanol–water partition coefficient (Wildman–Crippen LogP) is 1.96. The molecular formula is C16H11N7. The van der Waals surface area contributed by atoms with Crippen molar-refractivity contribution >= 4 is 5.82 Å². The van der Waals surface area contributed by atoms with Crippen LogP contribution in [0, 0.1) is 29.6 Å². The Balaban J connectivity index is 2.01. The number of nitrogens with two attached hydrogens (primary N) is 1. The molecule has 0 aliphatic carbocycles. The van der Waals surface area contributed by atoms with E-state index in [0.717, 1.165) is 11.1 Å². The molecule has 0 radical (unpaired) electrons. The van der Waals surface area contributed by atoms with E-state index in [-0.39, 0.29) is 17.1 Å². The van der Waals surface area contributed by atoms with Crippen molar-refractivity contribution in [1.29, 1.82) is 10.5 Å². The summed E-state index contributed by atoms with van der Waals surface area (Å²) in [7, 11) is 0. The summed E-state index contributed by atoms with van der Waals surface area (Å²) in [6.45, 7) is 2.01. The van der Waals surface area contributed by atoms with Crippen LogP contribution in [0.4, 0.5) is 5.82 Å². The number of hydrogen-bond acceptors (Lipinski definition) is 6. The molecular weight excluding hydrogens is 290 g/mol. The topological polar surface area (TPSA) is 117 Å². The van der Waals surface area contributed by atoms with Crippen molar-refractivity contribution in [3.05, 3.63) is 53.2 Å². The maximum absolute atomic E-state index is 9.04. The lowest BCUT2D eigenvalue weighted by molar-refractivity contribution is 0.820. The van der Waals surface area contributed by atoms with Gasteiger partial charge in [-0.25, -0.2) is 0 Å². The molecule has 0 aliphatic heterocycles. The monoisotopic (exact) mass is 301 g/mol. The SMILES string of the molecule is Cc1ccc(-c2ccc(-n3nc(C#N)c(C#N)c3N)nn2)cc1. The Labute approximate surface area is 132 Å². The lowest BCUT2D eigenvalue weighted by Crippen LogP contribution is -2.05. The van der Waals surface area contributed by atoms with Crippen LogP contribution in [-0.2, 0) is 0 Å². The van der Waals surface area contributed by atoms with Gasteiger partial charge in [-0.15, -0.1) is 10.2 Å². The van der Waals surface area contributed by atoms with Crippen molar-refractivity contribution in [2.24, 2.45) is 0 Å². The lowest BCUT2D eigenvalue weighted by atomic mass is 10.1. The van der Waals surface area contributed by atoms with Crippen LogP contribution in [0.15, 0.2) is 36.4 Å². The van der Waals surface area contributed by atoms with E-state index in [1.54, 1.807) is 12.1 Å². The van der Waals surface area contributed by atoms with Crippen LogP contribution in [0.1, 0.15) is 16.8 Å². The van der Waals surface area contributed by atoms with E-state index in [2.05, 4.69) is 15.3 Å². The first-order valence-corrected chi connectivity index (χ1v) is 6.74. The smallest absolute Gasteiger partial charge is 0.183 e. The van der Waals surface area contributed by atoms with Gasteiger partial charge in [0.05, 0.1) is 5.69 Å². The number of benzene rings is 1. The number of aromatic nitrogens is 4. The van der Waals surface area contributed by atoms with E-state index in [4.69, 9.17) is 16.3 Å². The van der Waals surface area contributed by atoms with Crippen LogP contribution in [-0.4, -0.2) is 20.0 Å².